The fourth-order valence-corrected chi connectivity index (χ4v) is 2.39. The number of nitrogens with zero attached hydrogens (tertiary/aromatic N) is 2. The molecule has 2 fully saturated rings. The minimum atomic E-state index is 0.638. The lowest BCUT2D eigenvalue weighted by Crippen LogP contribution is -2.40. The molecule has 0 aromatic rings. The molecule has 0 bridgehead atoms. The number of morpholine rings is 1. The number of unbranched alkanes of at least 4 members (excludes halogenated alkanes) is 1. The molecule has 2 N–H and O–H groups in total. The summed E-state index contributed by atoms with van der Waals surface area (Å²) < 4.78 is 5.35. The fourth-order valence-electron chi connectivity index (χ4n) is 2.39. The Morgan fingerprint density at radius 3 is 2.68 bits per heavy atom. The second kappa shape index (κ2) is 7.70. The molecule has 0 amide bonds. The molecule has 2 rings (SSSR count). The van der Waals surface area contributed by atoms with Gasteiger partial charge in [-0.2, -0.15) is 0 Å². The maximum atomic E-state index is 5.35. The van der Waals surface area contributed by atoms with Crippen molar-refractivity contribution in [2.45, 2.75) is 32.2 Å². The number of guanidine groups is 1. The Morgan fingerprint density at radius 2 is 2.05 bits per heavy atom. The van der Waals surface area contributed by atoms with Crippen LogP contribution in [-0.4, -0.2) is 63.3 Å². The minimum absolute atomic E-state index is 0.638. The van der Waals surface area contributed by atoms with Crippen molar-refractivity contribution < 1.29 is 4.74 Å². The van der Waals surface area contributed by atoms with Crippen LogP contribution >= 0.6 is 0 Å². The number of aliphatic imine (C=N–C) groups is 1. The van der Waals surface area contributed by atoms with E-state index in [0.717, 1.165) is 44.7 Å². The monoisotopic (exact) mass is 268 g/mol. The molecule has 19 heavy (non-hydrogen) atoms. The van der Waals surface area contributed by atoms with Crippen LogP contribution in [0.1, 0.15) is 26.2 Å². The van der Waals surface area contributed by atoms with Crippen molar-refractivity contribution in [3.05, 3.63) is 0 Å². The van der Waals surface area contributed by atoms with Gasteiger partial charge in [0, 0.05) is 32.7 Å². The molecule has 0 aromatic carbocycles. The summed E-state index contributed by atoms with van der Waals surface area (Å²) in [6, 6.07) is 0.638. The van der Waals surface area contributed by atoms with Crippen LogP contribution in [0.25, 0.3) is 0 Å². The second-order valence-corrected chi connectivity index (χ2v) is 5.62. The maximum absolute atomic E-state index is 5.35. The molecule has 110 valence electrons. The fraction of sp³-hybridized carbons (Fsp3) is 0.929. The van der Waals surface area contributed by atoms with E-state index in [1.807, 2.05) is 7.05 Å². The van der Waals surface area contributed by atoms with Gasteiger partial charge in [0.25, 0.3) is 0 Å². The van der Waals surface area contributed by atoms with Gasteiger partial charge in [-0.25, -0.2) is 0 Å². The number of hydrogen-bond acceptors (Lipinski definition) is 3. The zero-order valence-electron chi connectivity index (χ0n) is 12.3. The Hall–Kier alpha value is -0.810. The van der Waals surface area contributed by atoms with Crippen molar-refractivity contribution in [2.24, 2.45) is 10.9 Å². The molecule has 5 heteroatoms. The molecule has 0 aromatic heterocycles. The third-order valence-electron chi connectivity index (χ3n) is 3.95. The SMILES string of the molecule is CN=C(NCCCCN1CCOCC1)NC1CC1C. The summed E-state index contributed by atoms with van der Waals surface area (Å²) in [4.78, 5) is 6.75. The van der Waals surface area contributed by atoms with Gasteiger partial charge in [-0.05, 0) is 31.7 Å². The van der Waals surface area contributed by atoms with Crippen LogP contribution in [0.2, 0.25) is 0 Å². The zero-order valence-corrected chi connectivity index (χ0v) is 12.3. The molecular formula is C14H28N4O. The Kier molecular flexibility index (Phi) is 5.92. The first-order chi connectivity index (χ1) is 9.29. The molecular weight excluding hydrogens is 240 g/mol. The highest BCUT2D eigenvalue weighted by Gasteiger charge is 2.33. The van der Waals surface area contributed by atoms with Gasteiger partial charge in [0.1, 0.15) is 0 Å². The first-order valence-electron chi connectivity index (χ1n) is 7.57. The predicted octanol–water partition coefficient (Wildman–Crippen LogP) is 0.672. The highest BCUT2D eigenvalue weighted by Crippen LogP contribution is 2.28. The van der Waals surface area contributed by atoms with Crippen LogP contribution in [0.5, 0.6) is 0 Å². The van der Waals surface area contributed by atoms with Crippen LogP contribution in [0, 0.1) is 5.92 Å². The lowest BCUT2D eigenvalue weighted by molar-refractivity contribution is 0.0372. The normalized spacial score (nSPS) is 28.2. The van der Waals surface area contributed by atoms with E-state index in [0.29, 0.717) is 6.04 Å². The third-order valence-corrected chi connectivity index (χ3v) is 3.95. The number of rotatable bonds is 6. The molecule has 1 aliphatic heterocycles. The van der Waals surface area contributed by atoms with E-state index in [1.54, 1.807) is 0 Å². The van der Waals surface area contributed by atoms with E-state index in [1.165, 1.54) is 25.8 Å². The standard InChI is InChI=1S/C14H28N4O/c1-12-11-13(12)17-14(15-2)16-5-3-4-6-18-7-9-19-10-8-18/h12-13H,3-11H2,1-2H3,(H2,15,16,17). The maximum Gasteiger partial charge on any atom is 0.191 e. The predicted molar refractivity (Wildman–Crippen MR) is 78.6 cm³/mol. The molecule has 0 radical (unpaired) electrons. The van der Waals surface area contributed by atoms with Crippen LogP contribution in [0.15, 0.2) is 4.99 Å². The summed E-state index contributed by atoms with van der Waals surface area (Å²) in [6.07, 6.45) is 3.71. The quantitative estimate of drug-likeness (QED) is 0.422. The van der Waals surface area contributed by atoms with E-state index in [2.05, 4.69) is 27.4 Å². The second-order valence-electron chi connectivity index (χ2n) is 5.62. The highest BCUT2D eigenvalue weighted by atomic mass is 16.5. The molecule has 5 nitrogen and oxygen atoms in total. The summed E-state index contributed by atoms with van der Waals surface area (Å²) in [5, 5.41) is 6.84. The van der Waals surface area contributed by atoms with E-state index in [4.69, 9.17) is 4.74 Å². The van der Waals surface area contributed by atoms with Crippen molar-refractivity contribution in [1.29, 1.82) is 0 Å². The van der Waals surface area contributed by atoms with Crippen molar-refractivity contribution in [3.8, 4) is 0 Å². The molecule has 1 saturated carbocycles. The average Bonchev–Trinajstić information content (AvgIpc) is 3.13. The van der Waals surface area contributed by atoms with E-state index < -0.39 is 0 Å². The Morgan fingerprint density at radius 1 is 1.32 bits per heavy atom. The smallest absolute Gasteiger partial charge is 0.191 e. The lowest BCUT2D eigenvalue weighted by atomic mass is 10.3. The van der Waals surface area contributed by atoms with Gasteiger partial charge in [0.05, 0.1) is 13.2 Å². The first kappa shape index (κ1) is 14.6. The van der Waals surface area contributed by atoms with Gasteiger partial charge in [0.2, 0.25) is 0 Å². The lowest BCUT2D eigenvalue weighted by Gasteiger charge is -2.26. The molecule has 2 aliphatic rings. The zero-order chi connectivity index (χ0) is 13.5. The average molecular weight is 268 g/mol. The van der Waals surface area contributed by atoms with Crippen LogP contribution in [-0.2, 0) is 4.74 Å². The largest absolute Gasteiger partial charge is 0.379 e. The summed E-state index contributed by atoms with van der Waals surface area (Å²) in [5.74, 6) is 1.76. The Labute approximate surface area is 116 Å². The van der Waals surface area contributed by atoms with Crippen LogP contribution < -0.4 is 10.6 Å². The summed E-state index contributed by atoms with van der Waals surface area (Å²) in [7, 11) is 1.84. The van der Waals surface area contributed by atoms with E-state index in [9.17, 15) is 0 Å². The van der Waals surface area contributed by atoms with Crippen LogP contribution in [0.4, 0.5) is 0 Å². The van der Waals surface area contributed by atoms with Gasteiger partial charge in [-0.15, -0.1) is 0 Å². The molecule has 0 spiro atoms. The number of hydrogen-bond donors (Lipinski definition) is 2. The minimum Gasteiger partial charge on any atom is -0.379 e. The van der Waals surface area contributed by atoms with Crippen molar-refractivity contribution in [2.75, 3.05) is 46.4 Å². The van der Waals surface area contributed by atoms with Gasteiger partial charge in [0.15, 0.2) is 5.96 Å². The first-order valence-corrected chi connectivity index (χ1v) is 7.57. The Balaban J connectivity index is 1.48. The molecule has 1 saturated heterocycles. The summed E-state index contributed by atoms with van der Waals surface area (Å²) in [5.41, 5.74) is 0. The van der Waals surface area contributed by atoms with E-state index in [-0.39, 0.29) is 0 Å². The topological polar surface area (TPSA) is 48.9 Å². The number of ether oxygens (including phenoxy) is 1. The van der Waals surface area contributed by atoms with Gasteiger partial charge >= 0.3 is 0 Å². The molecule has 1 heterocycles. The summed E-state index contributed by atoms with van der Waals surface area (Å²) >= 11 is 0. The molecule has 2 unspecified atom stereocenters. The Bertz CT molecular complexity index is 289. The third kappa shape index (κ3) is 5.37. The van der Waals surface area contributed by atoms with E-state index >= 15 is 0 Å². The van der Waals surface area contributed by atoms with Crippen molar-refractivity contribution in [3.63, 3.8) is 0 Å². The van der Waals surface area contributed by atoms with Crippen molar-refractivity contribution in [1.82, 2.24) is 15.5 Å². The molecule has 2 atom stereocenters. The molecule has 1 aliphatic carbocycles. The van der Waals surface area contributed by atoms with Crippen LogP contribution in [0.3, 0.4) is 0 Å². The number of nitrogens with one attached hydrogen (secondary N) is 2. The summed E-state index contributed by atoms with van der Waals surface area (Å²) in [6.45, 7) is 8.45. The highest BCUT2D eigenvalue weighted by molar-refractivity contribution is 5.80. The van der Waals surface area contributed by atoms with Gasteiger partial charge in [-0.3, -0.25) is 9.89 Å². The van der Waals surface area contributed by atoms with Gasteiger partial charge in [-0.1, -0.05) is 6.92 Å². The van der Waals surface area contributed by atoms with Crippen molar-refractivity contribution >= 4 is 5.96 Å². The van der Waals surface area contributed by atoms with Gasteiger partial charge < -0.3 is 15.4 Å².